The van der Waals surface area contributed by atoms with Crippen LogP contribution in [0, 0.1) is 17.0 Å². The number of ether oxygens (including phenoxy) is 1. The van der Waals surface area contributed by atoms with Gasteiger partial charge in [-0.1, -0.05) is 34.7 Å². The van der Waals surface area contributed by atoms with Gasteiger partial charge in [-0.3, -0.25) is 24.6 Å². The molecule has 2 atom stereocenters. The number of β-lactam (4-membered cyclic amide) rings is 1. The van der Waals surface area contributed by atoms with Crippen LogP contribution in [0.2, 0.25) is 5.02 Å². The van der Waals surface area contributed by atoms with Gasteiger partial charge in [0.1, 0.15) is 40.2 Å². The largest absolute Gasteiger partial charge is 0.484 e. The molecule has 5 rings (SSSR count). The molecule has 17 heteroatoms. The molecular weight excluding hydrogens is 606 g/mol. The minimum absolute atomic E-state index is 0.0450. The van der Waals surface area contributed by atoms with Crippen LogP contribution in [0.1, 0.15) is 21.3 Å². The molecule has 0 aliphatic carbocycles. The molecule has 208 valence electrons. The first-order valence-corrected chi connectivity index (χ1v) is 14.6. The Hall–Kier alpha value is -3.60. The van der Waals surface area contributed by atoms with Crippen LogP contribution in [0.3, 0.4) is 0 Å². The minimum atomic E-state index is -1.21. The van der Waals surface area contributed by atoms with Gasteiger partial charge >= 0.3 is 5.97 Å². The van der Waals surface area contributed by atoms with E-state index in [4.69, 9.17) is 20.8 Å². The normalized spacial score (nSPS) is 18.2. The number of hydrogen-bond donors (Lipinski definition) is 2. The number of halogens is 1. The van der Waals surface area contributed by atoms with Crippen LogP contribution in [-0.4, -0.2) is 65.8 Å². The Kier molecular flexibility index (Phi) is 8.02. The molecule has 2 aliphatic rings. The molecule has 0 unspecified atom stereocenters. The Morgan fingerprint density at radius 3 is 2.83 bits per heavy atom. The van der Waals surface area contributed by atoms with Crippen molar-refractivity contribution in [3.8, 4) is 5.75 Å². The lowest BCUT2D eigenvalue weighted by Gasteiger charge is -2.49. The predicted molar refractivity (Wildman–Crippen MR) is 146 cm³/mol. The first-order valence-electron chi connectivity index (χ1n) is 11.4. The van der Waals surface area contributed by atoms with E-state index in [0.717, 1.165) is 11.1 Å². The second-order valence-electron chi connectivity index (χ2n) is 8.42. The fraction of sp³-hybridized carbons (Fsp3) is 0.261. The number of carboxylic acid groups (broad SMARTS) is 1. The Bertz CT molecular complexity index is 1560. The number of aryl methyl sites for hydroxylation is 1. The average molecular weight is 624 g/mol. The second kappa shape index (κ2) is 11.5. The maximum atomic E-state index is 12.9. The molecular formula is C23H18ClN5O8S3. The van der Waals surface area contributed by atoms with Crippen LogP contribution < -0.4 is 10.1 Å². The zero-order valence-corrected chi connectivity index (χ0v) is 23.6. The van der Waals surface area contributed by atoms with E-state index in [1.54, 1.807) is 0 Å². The predicted octanol–water partition coefficient (Wildman–Crippen LogP) is 3.72. The zero-order valence-electron chi connectivity index (χ0n) is 20.4. The number of carbonyl (C=O) groups excluding carboxylic acids is 2. The van der Waals surface area contributed by atoms with E-state index in [1.807, 2.05) is 6.92 Å². The maximum Gasteiger partial charge on any atom is 0.352 e. The molecule has 0 saturated carbocycles. The molecule has 1 fully saturated rings. The lowest BCUT2D eigenvalue weighted by atomic mass is 10.0. The van der Waals surface area contributed by atoms with Gasteiger partial charge in [-0.25, -0.2) is 4.79 Å². The number of hydrogen-bond acceptors (Lipinski definition) is 12. The molecule has 0 spiro atoms. The summed E-state index contributed by atoms with van der Waals surface area (Å²) in [7, 11) is 0. The number of nitrogens with zero attached hydrogens (tertiary/aromatic N) is 4. The van der Waals surface area contributed by atoms with Crippen molar-refractivity contribution in [3.05, 3.63) is 73.3 Å². The molecule has 2 aromatic heterocycles. The highest BCUT2D eigenvalue weighted by atomic mass is 35.5. The molecule has 40 heavy (non-hydrogen) atoms. The SMILES string of the molecule is Cc1nnc(SCC2=C(C(=O)O)N3C(=O)[C@@H](NC(=O)c4ccc(COc5ccc([N+](=O)[O-])cc5Cl)o4)[C@H]3SC2)s1. The maximum absolute atomic E-state index is 12.9. The van der Waals surface area contributed by atoms with E-state index < -0.39 is 34.1 Å². The van der Waals surface area contributed by atoms with Gasteiger partial charge < -0.3 is 19.6 Å². The molecule has 2 aliphatic heterocycles. The first kappa shape index (κ1) is 27.9. The molecule has 13 nitrogen and oxygen atoms in total. The standard InChI is InChI=1S/C23H18ClN5O8S3/c1-10-26-27-23(40-10)39-9-11-8-38-21-17(20(31)28(21)18(11)22(32)33)25-19(30)16-5-3-13(37-16)7-36-15-4-2-12(29(34)35)6-14(15)24/h2-6,17,21H,7-9H2,1H3,(H,25,30)(H,32,33)/t17-,21-/m1/s1. The van der Waals surface area contributed by atoms with Crippen LogP contribution in [0.4, 0.5) is 5.69 Å². The van der Waals surface area contributed by atoms with Gasteiger partial charge in [-0.05, 0) is 30.7 Å². The van der Waals surface area contributed by atoms with E-state index in [9.17, 15) is 29.6 Å². The molecule has 2 N–H and O–H groups in total. The van der Waals surface area contributed by atoms with Crippen molar-refractivity contribution in [2.24, 2.45) is 0 Å². The number of aromatic nitrogens is 2. The number of thioether (sulfide) groups is 2. The summed E-state index contributed by atoms with van der Waals surface area (Å²) >= 11 is 10.1. The van der Waals surface area contributed by atoms with Crippen LogP contribution in [0.5, 0.6) is 5.75 Å². The van der Waals surface area contributed by atoms with Gasteiger partial charge in [-0.2, -0.15) is 0 Å². The Balaban J connectivity index is 1.19. The number of carbonyl (C=O) groups is 3. The van der Waals surface area contributed by atoms with Crippen LogP contribution in [0.25, 0.3) is 0 Å². The van der Waals surface area contributed by atoms with Gasteiger partial charge in [0.05, 0.1) is 9.95 Å². The Morgan fingerprint density at radius 2 is 2.15 bits per heavy atom. The number of carboxylic acids is 1. The number of rotatable bonds is 10. The highest BCUT2D eigenvalue weighted by Gasteiger charge is 2.54. The van der Waals surface area contributed by atoms with Crippen molar-refractivity contribution in [2.45, 2.75) is 29.3 Å². The topological polar surface area (TPSA) is 178 Å². The Labute approximate surface area is 243 Å². The van der Waals surface area contributed by atoms with Crippen molar-refractivity contribution < 1.29 is 33.6 Å². The Morgan fingerprint density at radius 1 is 1.35 bits per heavy atom. The molecule has 1 aromatic carbocycles. The minimum Gasteiger partial charge on any atom is -0.484 e. The van der Waals surface area contributed by atoms with E-state index in [1.165, 1.54) is 64.0 Å². The van der Waals surface area contributed by atoms with Gasteiger partial charge in [-0.15, -0.1) is 22.0 Å². The third-order valence-corrected chi connectivity index (χ3v) is 9.49. The third-order valence-electron chi connectivity index (χ3n) is 5.80. The van der Waals surface area contributed by atoms with Gasteiger partial charge in [0.2, 0.25) is 0 Å². The fourth-order valence-electron chi connectivity index (χ4n) is 3.94. The summed E-state index contributed by atoms with van der Waals surface area (Å²) in [4.78, 5) is 49.3. The average Bonchev–Trinajstić information content (AvgIpc) is 3.57. The second-order valence-corrected chi connectivity index (χ2v) is 12.3. The summed E-state index contributed by atoms with van der Waals surface area (Å²) in [6.45, 7) is 1.72. The molecule has 0 bridgehead atoms. The lowest BCUT2D eigenvalue weighted by molar-refractivity contribution is -0.384. The summed E-state index contributed by atoms with van der Waals surface area (Å²) in [5, 5.41) is 31.6. The first-order chi connectivity index (χ1) is 19.1. The number of aliphatic carboxylic acids is 1. The van der Waals surface area contributed by atoms with E-state index in [0.29, 0.717) is 21.4 Å². The van der Waals surface area contributed by atoms with Gasteiger partial charge in [0.15, 0.2) is 10.1 Å². The summed E-state index contributed by atoms with van der Waals surface area (Å²) < 4.78 is 11.8. The number of nitro groups is 1. The van der Waals surface area contributed by atoms with Crippen molar-refractivity contribution in [3.63, 3.8) is 0 Å². The number of fused-ring (bicyclic) bond motifs is 1. The van der Waals surface area contributed by atoms with Gasteiger partial charge in [0, 0.05) is 23.6 Å². The van der Waals surface area contributed by atoms with Crippen LogP contribution in [0.15, 0.2) is 50.4 Å². The third kappa shape index (κ3) is 5.65. The number of amides is 2. The zero-order chi connectivity index (χ0) is 28.6. The van der Waals surface area contributed by atoms with Gasteiger partial charge in [0.25, 0.3) is 17.5 Å². The highest BCUT2D eigenvalue weighted by Crippen LogP contribution is 2.42. The van der Waals surface area contributed by atoms with E-state index in [2.05, 4.69) is 15.5 Å². The summed E-state index contributed by atoms with van der Waals surface area (Å²) in [5.74, 6) is -1.26. The van der Waals surface area contributed by atoms with E-state index >= 15 is 0 Å². The number of furan rings is 1. The lowest BCUT2D eigenvalue weighted by Crippen LogP contribution is -2.70. The molecule has 2 amide bonds. The summed E-state index contributed by atoms with van der Waals surface area (Å²) in [6, 6.07) is 5.76. The number of nitro benzene ring substituents is 1. The fourth-order valence-corrected chi connectivity index (χ4v) is 7.47. The molecule has 3 aromatic rings. The monoisotopic (exact) mass is 623 g/mol. The molecule has 4 heterocycles. The smallest absolute Gasteiger partial charge is 0.352 e. The van der Waals surface area contributed by atoms with Crippen molar-refractivity contribution in [1.29, 1.82) is 0 Å². The van der Waals surface area contributed by atoms with E-state index in [-0.39, 0.29) is 40.3 Å². The van der Waals surface area contributed by atoms with Crippen molar-refractivity contribution in [1.82, 2.24) is 20.4 Å². The summed E-state index contributed by atoms with van der Waals surface area (Å²) in [6.07, 6.45) is 0. The number of nitrogens with one attached hydrogen (secondary N) is 1. The van der Waals surface area contributed by atoms with Crippen LogP contribution >= 0.6 is 46.5 Å². The number of non-ortho nitro benzene ring substituents is 1. The summed E-state index contributed by atoms with van der Waals surface area (Å²) in [5.41, 5.74) is 0.336. The molecule has 1 saturated heterocycles. The molecule has 0 radical (unpaired) electrons. The van der Waals surface area contributed by atoms with Crippen molar-refractivity contribution >= 4 is 69.9 Å². The quantitative estimate of drug-likeness (QED) is 0.145. The number of benzene rings is 1. The van der Waals surface area contributed by atoms with Crippen molar-refractivity contribution in [2.75, 3.05) is 11.5 Å². The highest BCUT2D eigenvalue weighted by molar-refractivity contribution is 8.01. The van der Waals surface area contributed by atoms with Crippen LogP contribution in [-0.2, 0) is 16.2 Å².